The lowest BCUT2D eigenvalue weighted by Gasteiger charge is -2.24. The van der Waals surface area contributed by atoms with Gasteiger partial charge in [0.1, 0.15) is 11.5 Å². The summed E-state index contributed by atoms with van der Waals surface area (Å²) < 4.78 is 27.2. The first-order chi connectivity index (χ1) is 12.4. The smallest absolute Gasteiger partial charge is 0.315 e. The lowest BCUT2D eigenvalue weighted by Crippen LogP contribution is -2.33. The minimum atomic E-state index is -1.29. The number of hydrogen-bond donors (Lipinski definition) is 1. The molecule has 1 aromatic heterocycles. The SMILES string of the molecule is CC1(C)OC[C@H](Cn2c(C(C)(C)C(=O)O)cc3cc([N+](=O)[O-])c(F)cc32)O1. The summed E-state index contributed by atoms with van der Waals surface area (Å²) >= 11 is 0. The van der Waals surface area contributed by atoms with Crippen molar-refractivity contribution >= 4 is 22.6 Å². The standard InChI is InChI=1S/C18H21FN2O6/c1-17(2,16(22)23)15-6-10-5-14(21(24)25)12(19)7-13(10)20(15)8-11-9-26-18(3,4)27-11/h5-7,11H,8-9H2,1-4H3,(H,22,23)/t11-/m0/s1. The van der Waals surface area contributed by atoms with Gasteiger partial charge in [0, 0.05) is 23.2 Å². The van der Waals surface area contributed by atoms with Gasteiger partial charge in [-0.25, -0.2) is 0 Å². The van der Waals surface area contributed by atoms with E-state index in [0.29, 0.717) is 23.2 Å². The fraction of sp³-hybridized carbons (Fsp3) is 0.500. The number of nitro benzene ring substituents is 1. The molecule has 0 saturated carbocycles. The maximum Gasteiger partial charge on any atom is 0.315 e. The average molecular weight is 380 g/mol. The van der Waals surface area contributed by atoms with Crippen molar-refractivity contribution in [2.75, 3.05) is 6.61 Å². The molecule has 1 aromatic carbocycles. The van der Waals surface area contributed by atoms with E-state index in [0.717, 1.165) is 12.1 Å². The van der Waals surface area contributed by atoms with Crippen LogP contribution in [0.4, 0.5) is 10.1 Å². The molecule has 27 heavy (non-hydrogen) atoms. The van der Waals surface area contributed by atoms with Gasteiger partial charge >= 0.3 is 11.7 Å². The number of aromatic nitrogens is 1. The van der Waals surface area contributed by atoms with Gasteiger partial charge in [-0.2, -0.15) is 4.39 Å². The van der Waals surface area contributed by atoms with Crippen LogP contribution < -0.4 is 0 Å². The quantitative estimate of drug-likeness (QED) is 0.631. The number of nitro groups is 1. The van der Waals surface area contributed by atoms with Crippen molar-refractivity contribution in [3.05, 3.63) is 39.8 Å². The summed E-state index contributed by atoms with van der Waals surface area (Å²) in [6.07, 6.45) is -0.364. The minimum absolute atomic E-state index is 0.232. The molecule has 1 atom stereocenters. The third kappa shape index (κ3) is 3.40. The first-order valence-corrected chi connectivity index (χ1v) is 8.45. The molecule has 0 bridgehead atoms. The Labute approximate surface area is 154 Å². The van der Waals surface area contributed by atoms with E-state index in [1.54, 1.807) is 24.5 Å². The van der Waals surface area contributed by atoms with Gasteiger partial charge < -0.3 is 19.1 Å². The maximum absolute atomic E-state index is 14.2. The number of halogens is 1. The van der Waals surface area contributed by atoms with Crippen molar-refractivity contribution in [1.29, 1.82) is 0 Å². The van der Waals surface area contributed by atoms with Crippen LogP contribution in [0.3, 0.4) is 0 Å². The Balaban J connectivity index is 2.17. The van der Waals surface area contributed by atoms with Gasteiger partial charge in [0.25, 0.3) is 0 Å². The van der Waals surface area contributed by atoms with Crippen LogP contribution in [0.15, 0.2) is 18.2 Å². The monoisotopic (exact) mass is 380 g/mol. The number of ether oxygens (including phenoxy) is 2. The van der Waals surface area contributed by atoms with Crippen molar-refractivity contribution in [2.24, 2.45) is 0 Å². The van der Waals surface area contributed by atoms with Gasteiger partial charge in [0.15, 0.2) is 5.79 Å². The zero-order chi connectivity index (χ0) is 20.1. The largest absolute Gasteiger partial charge is 0.481 e. The van der Waals surface area contributed by atoms with Gasteiger partial charge in [0.2, 0.25) is 5.82 Å². The minimum Gasteiger partial charge on any atom is -0.481 e. The Morgan fingerprint density at radius 1 is 1.44 bits per heavy atom. The number of carboxylic acid groups (broad SMARTS) is 1. The first-order valence-electron chi connectivity index (χ1n) is 8.45. The molecule has 9 heteroatoms. The average Bonchev–Trinajstić information content (AvgIpc) is 3.07. The van der Waals surface area contributed by atoms with Crippen molar-refractivity contribution in [1.82, 2.24) is 4.57 Å². The van der Waals surface area contributed by atoms with Gasteiger partial charge in [-0.1, -0.05) is 0 Å². The second-order valence-corrected chi connectivity index (χ2v) is 7.64. The Bertz CT molecular complexity index is 934. The lowest BCUT2D eigenvalue weighted by molar-refractivity contribution is -0.387. The molecular weight excluding hydrogens is 359 g/mol. The molecule has 1 N–H and O–H groups in total. The third-order valence-electron chi connectivity index (χ3n) is 4.80. The van der Waals surface area contributed by atoms with E-state index >= 15 is 0 Å². The summed E-state index contributed by atoms with van der Waals surface area (Å²) in [6.45, 7) is 7.13. The van der Waals surface area contributed by atoms with Crippen LogP contribution in [0.25, 0.3) is 10.9 Å². The topological polar surface area (TPSA) is 104 Å². The maximum atomic E-state index is 14.2. The predicted molar refractivity (Wildman–Crippen MR) is 94.1 cm³/mol. The van der Waals surface area contributed by atoms with E-state index in [1.165, 1.54) is 13.8 Å². The molecule has 0 amide bonds. The molecule has 0 unspecified atom stereocenters. The second-order valence-electron chi connectivity index (χ2n) is 7.64. The molecule has 1 fully saturated rings. The van der Waals surface area contributed by atoms with Gasteiger partial charge in [-0.05, 0) is 33.8 Å². The molecule has 1 saturated heterocycles. The normalized spacial score (nSPS) is 19.5. The Morgan fingerprint density at radius 3 is 2.63 bits per heavy atom. The summed E-state index contributed by atoms with van der Waals surface area (Å²) in [6, 6.07) is 3.74. The van der Waals surface area contributed by atoms with Crippen LogP contribution in [0.5, 0.6) is 0 Å². The van der Waals surface area contributed by atoms with Crippen LogP contribution in [-0.4, -0.2) is 39.1 Å². The van der Waals surface area contributed by atoms with Crippen molar-refractivity contribution in [3.8, 4) is 0 Å². The molecule has 1 aliphatic heterocycles. The molecule has 2 aromatic rings. The Hall–Kier alpha value is -2.52. The number of carboxylic acids is 1. The summed E-state index contributed by atoms with van der Waals surface area (Å²) in [4.78, 5) is 22.0. The Morgan fingerprint density at radius 2 is 2.11 bits per heavy atom. The van der Waals surface area contributed by atoms with Crippen molar-refractivity contribution in [3.63, 3.8) is 0 Å². The highest BCUT2D eigenvalue weighted by molar-refractivity contribution is 5.88. The number of hydrogen-bond acceptors (Lipinski definition) is 5. The fourth-order valence-corrected chi connectivity index (χ4v) is 3.29. The lowest BCUT2D eigenvalue weighted by atomic mass is 9.89. The third-order valence-corrected chi connectivity index (χ3v) is 4.80. The van der Waals surface area contributed by atoms with Crippen LogP contribution in [0.1, 0.15) is 33.4 Å². The highest BCUT2D eigenvalue weighted by Crippen LogP contribution is 2.35. The van der Waals surface area contributed by atoms with E-state index in [4.69, 9.17) is 9.47 Å². The number of aliphatic carboxylic acids is 1. The molecule has 146 valence electrons. The van der Waals surface area contributed by atoms with E-state index in [2.05, 4.69) is 0 Å². The number of carbonyl (C=O) groups is 1. The summed E-state index contributed by atoms with van der Waals surface area (Å²) in [5, 5.41) is 21.1. The summed E-state index contributed by atoms with van der Waals surface area (Å²) in [5.74, 6) is -2.80. The molecule has 1 aliphatic rings. The molecule has 3 rings (SSSR count). The molecule has 0 radical (unpaired) electrons. The number of fused-ring (bicyclic) bond motifs is 1. The number of rotatable bonds is 5. The molecule has 8 nitrogen and oxygen atoms in total. The van der Waals surface area contributed by atoms with Crippen LogP contribution in [0, 0.1) is 15.9 Å². The second kappa shape index (κ2) is 6.28. The van der Waals surface area contributed by atoms with Crippen LogP contribution in [-0.2, 0) is 26.2 Å². The van der Waals surface area contributed by atoms with E-state index in [-0.39, 0.29) is 12.6 Å². The zero-order valence-corrected chi connectivity index (χ0v) is 15.5. The number of nitrogens with zero attached hydrogens (tertiary/aromatic N) is 2. The highest BCUT2D eigenvalue weighted by atomic mass is 19.1. The number of benzene rings is 1. The zero-order valence-electron chi connectivity index (χ0n) is 15.5. The Kier molecular flexibility index (Phi) is 4.47. The molecule has 0 aliphatic carbocycles. The van der Waals surface area contributed by atoms with E-state index in [9.17, 15) is 24.4 Å². The summed E-state index contributed by atoms with van der Waals surface area (Å²) in [7, 11) is 0. The van der Waals surface area contributed by atoms with Crippen molar-refractivity contribution < 1.29 is 28.7 Å². The van der Waals surface area contributed by atoms with Gasteiger partial charge in [0.05, 0.1) is 23.6 Å². The summed E-state index contributed by atoms with van der Waals surface area (Å²) in [5.41, 5.74) is -1.17. The van der Waals surface area contributed by atoms with E-state index in [1.807, 2.05) is 0 Å². The van der Waals surface area contributed by atoms with E-state index < -0.39 is 33.6 Å². The van der Waals surface area contributed by atoms with Crippen LogP contribution in [0.2, 0.25) is 0 Å². The first kappa shape index (κ1) is 19.2. The van der Waals surface area contributed by atoms with Gasteiger partial charge in [-0.15, -0.1) is 0 Å². The van der Waals surface area contributed by atoms with Crippen molar-refractivity contribution in [2.45, 2.75) is 51.5 Å². The molecule has 0 spiro atoms. The molecular formula is C18H21FN2O6. The molecule has 2 heterocycles. The highest BCUT2D eigenvalue weighted by Gasteiger charge is 2.37. The predicted octanol–water partition coefficient (Wildman–Crippen LogP) is 3.20. The van der Waals surface area contributed by atoms with Gasteiger partial charge in [-0.3, -0.25) is 14.9 Å². The fourth-order valence-electron chi connectivity index (χ4n) is 3.29. The van der Waals surface area contributed by atoms with Crippen LogP contribution >= 0.6 is 0 Å².